The first kappa shape index (κ1) is 16.9. The van der Waals surface area contributed by atoms with E-state index in [2.05, 4.69) is 0 Å². The number of fused-ring (bicyclic) bond motifs is 1. The highest BCUT2D eigenvalue weighted by Crippen LogP contribution is 2.33. The molecular formula is C17H12ClNO6. The molecule has 0 aromatic heterocycles. The van der Waals surface area contributed by atoms with E-state index < -0.39 is 10.7 Å². The summed E-state index contributed by atoms with van der Waals surface area (Å²) in [6, 6.07) is 6.81. The number of carbonyl (C=O) groups excluding carboxylic acids is 1. The van der Waals surface area contributed by atoms with Crippen molar-refractivity contribution in [2.75, 3.05) is 6.79 Å². The van der Waals surface area contributed by atoms with Gasteiger partial charge in [-0.15, -0.1) is 0 Å². The zero-order chi connectivity index (χ0) is 18.0. The van der Waals surface area contributed by atoms with Crippen LogP contribution in [0.15, 0.2) is 36.4 Å². The predicted molar refractivity (Wildman–Crippen MR) is 89.9 cm³/mol. The van der Waals surface area contributed by atoms with Crippen molar-refractivity contribution >= 4 is 29.1 Å². The second kappa shape index (κ2) is 6.92. The Morgan fingerprint density at radius 3 is 2.88 bits per heavy atom. The van der Waals surface area contributed by atoms with Gasteiger partial charge in [-0.05, 0) is 30.4 Å². The van der Waals surface area contributed by atoms with Crippen LogP contribution in [0.4, 0.5) is 5.69 Å². The fourth-order valence-corrected chi connectivity index (χ4v) is 2.59. The number of ether oxygens (including phenoxy) is 2. The molecule has 0 atom stereocenters. The minimum Gasteiger partial charge on any atom is -0.507 e. The van der Waals surface area contributed by atoms with Crippen molar-refractivity contribution in [1.82, 2.24) is 0 Å². The largest absolute Gasteiger partial charge is 0.507 e. The molecule has 1 N–H and O–H groups in total. The molecule has 2 aromatic carbocycles. The number of nitrogens with zero attached hydrogens (tertiary/aromatic N) is 1. The van der Waals surface area contributed by atoms with Crippen LogP contribution in [0.1, 0.15) is 21.5 Å². The minimum atomic E-state index is -0.531. The van der Waals surface area contributed by atoms with Crippen LogP contribution in [0.2, 0.25) is 5.02 Å². The first-order valence-corrected chi connectivity index (χ1v) is 7.56. The molecule has 0 saturated heterocycles. The van der Waals surface area contributed by atoms with Gasteiger partial charge >= 0.3 is 0 Å². The van der Waals surface area contributed by atoms with E-state index in [0.717, 1.165) is 0 Å². The molecule has 3 rings (SSSR count). The average Bonchev–Trinajstić information content (AvgIpc) is 2.61. The van der Waals surface area contributed by atoms with Crippen molar-refractivity contribution in [3.05, 3.63) is 68.2 Å². The van der Waals surface area contributed by atoms with Gasteiger partial charge in [-0.1, -0.05) is 11.6 Å². The van der Waals surface area contributed by atoms with Crippen molar-refractivity contribution in [3.63, 3.8) is 0 Å². The molecule has 0 saturated carbocycles. The lowest BCUT2D eigenvalue weighted by Gasteiger charge is -2.19. The number of aromatic hydroxyl groups is 1. The van der Waals surface area contributed by atoms with Gasteiger partial charge in [-0.25, -0.2) is 0 Å². The van der Waals surface area contributed by atoms with E-state index in [0.29, 0.717) is 21.9 Å². The van der Waals surface area contributed by atoms with Crippen LogP contribution in [-0.2, 0) is 11.3 Å². The Balaban J connectivity index is 1.97. The van der Waals surface area contributed by atoms with Crippen LogP contribution in [-0.4, -0.2) is 22.6 Å². The second-order valence-electron chi connectivity index (χ2n) is 5.25. The number of benzene rings is 2. The van der Waals surface area contributed by atoms with E-state index in [4.69, 9.17) is 21.1 Å². The number of allylic oxidation sites excluding steroid dienone is 1. The monoisotopic (exact) mass is 361 g/mol. The number of phenolic OH excluding ortho intramolecular Hbond substituents is 1. The topological polar surface area (TPSA) is 98.9 Å². The van der Waals surface area contributed by atoms with Crippen molar-refractivity contribution in [2.24, 2.45) is 0 Å². The number of nitro groups is 1. The molecule has 0 radical (unpaired) electrons. The molecule has 25 heavy (non-hydrogen) atoms. The van der Waals surface area contributed by atoms with E-state index in [1.165, 1.54) is 42.5 Å². The summed E-state index contributed by atoms with van der Waals surface area (Å²) in [4.78, 5) is 22.8. The molecule has 8 heteroatoms. The van der Waals surface area contributed by atoms with Crippen LogP contribution in [0, 0.1) is 10.1 Å². The number of non-ortho nitro benzene ring substituents is 1. The zero-order valence-electron chi connectivity index (χ0n) is 12.8. The van der Waals surface area contributed by atoms with Crippen LogP contribution < -0.4 is 4.74 Å². The van der Waals surface area contributed by atoms with Crippen molar-refractivity contribution in [1.29, 1.82) is 0 Å². The maximum absolute atomic E-state index is 12.3. The van der Waals surface area contributed by atoms with Crippen LogP contribution in [0.25, 0.3) is 6.08 Å². The Labute approximate surface area is 147 Å². The van der Waals surface area contributed by atoms with Crippen molar-refractivity contribution < 1.29 is 24.3 Å². The van der Waals surface area contributed by atoms with Crippen LogP contribution in [0.3, 0.4) is 0 Å². The Morgan fingerprint density at radius 2 is 2.12 bits per heavy atom. The summed E-state index contributed by atoms with van der Waals surface area (Å²) < 4.78 is 10.5. The number of ketones is 1. The summed E-state index contributed by atoms with van der Waals surface area (Å²) in [5.74, 6) is -0.270. The van der Waals surface area contributed by atoms with E-state index >= 15 is 0 Å². The third-order valence-corrected chi connectivity index (χ3v) is 3.81. The normalized spacial score (nSPS) is 13.3. The smallest absolute Gasteiger partial charge is 0.270 e. The van der Waals surface area contributed by atoms with Gasteiger partial charge in [0, 0.05) is 28.3 Å². The number of nitro benzene ring substituents is 1. The Kier molecular flexibility index (Phi) is 4.69. The maximum atomic E-state index is 12.3. The van der Waals surface area contributed by atoms with E-state index in [1.807, 2.05) is 0 Å². The third-order valence-electron chi connectivity index (χ3n) is 3.57. The molecule has 128 valence electrons. The lowest BCUT2D eigenvalue weighted by Crippen LogP contribution is -2.12. The molecule has 0 fully saturated rings. The number of phenols is 1. The first-order valence-electron chi connectivity index (χ1n) is 7.18. The number of carbonyl (C=O) groups is 1. The zero-order valence-corrected chi connectivity index (χ0v) is 13.5. The van der Waals surface area contributed by atoms with Crippen molar-refractivity contribution in [3.8, 4) is 11.5 Å². The Hall–Kier alpha value is -2.90. The van der Waals surface area contributed by atoms with Gasteiger partial charge in [-0.3, -0.25) is 14.9 Å². The quantitative estimate of drug-likeness (QED) is 0.385. The van der Waals surface area contributed by atoms with E-state index in [9.17, 15) is 20.0 Å². The van der Waals surface area contributed by atoms with Gasteiger partial charge in [0.2, 0.25) is 0 Å². The fourth-order valence-electron chi connectivity index (χ4n) is 2.42. The van der Waals surface area contributed by atoms with Crippen LogP contribution >= 0.6 is 11.6 Å². The van der Waals surface area contributed by atoms with E-state index in [1.54, 1.807) is 0 Å². The molecular weight excluding hydrogens is 350 g/mol. The molecule has 0 amide bonds. The SMILES string of the molecule is O=C(/C=C/c1cc([N+](=O)[O-])cc2c1OCOC2)c1cc(Cl)ccc1O. The lowest BCUT2D eigenvalue weighted by molar-refractivity contribution is -0.385. The molecule has 1 aliphatic heterocycles. The third kappa shape index (κ3) is 3.62. The van der Waals surface area contributed by atoms with Gasteiger partial charge in [-0.2, -0.15) is 0 Å². The van der Waals surface area contributed by atoms with E-state index in [-0.39, 0.29) is 30.4 Å². The minimum absolute atomic E-state index is 0.0225. The lowest BCUT2D eigenvalue weighted by atomic mass is 10.0. The highest BCUT2D eigenvalue weighted by atomic mass is 35.5. The molecule has 0 unspecified atom stereocenters. The second-order valence-corrected chi connectivity index (χ2v) is 5.69. The fraction of sp³-hybridized carbons (Fsp3) is 0.118. The molecule has 7 nitrogen and oxygen atoms in total. The molecule has 0 aliphatic carbocycles. The molecule has 0 spiro atoms. The predicted octanol–water partition coefficient (Wildman–Crippen LogP) is 3.72. The van der Waals surface area contributed by atoms with Gasteiger partial charge in [0.05, 0.1) is 17.1 Å². The number of hydrogen-bond acceptors (Lipinski definition) is 6. The molecule has 1 heterocycles. The summed E-state index contributed by atoms with van der Waals surface area (Å²) >= 11 is 5.83. The highest BCUT2D eigenvalue weighted by Gasteiger charge is 2.20. The van der Waals surface area contributed by atoms with Crippen LogP contribution in [0.5, 0.6) is 11.5 Å². The Bertz CT molecular complexity index is 893. The number of rotatable bonds is 4. The van der Waals surface area contributed by atoms with Gasteiger partial charge in [0.25, 0.3) is 5.69 Å². The van der Waals surface area contributed by atoms with Crippen molar-refractivity contribution in [2.45, 2.75) is 6.61 Å². The summed E-state index contributed by atoms with van der Waals surface area (Å²) in [5, 5.41) is 21.1. The molecule has 0 bridgehead atoms. The number of hydrogen-bond donors (Lipinski definition) is 1. The summed E-state index contributed by atoms with van der Waals surface area (Å²) in [5.41, 5.74) is 0.804. The first-order chi connectivity index (χ1) is 12.0. The standard InChI is InChI=1S/C17H12ClNO6/c18-12-2-4-16(21)14(7-12)15(20)3-1-10-5-13(19(22)23)6-11-8-24-9-25-17(10)11/h1-7,21H,8-9H2/b3-1+. The maximum Gasteiger partial charge on any atom is 0.270 e. The summed E-state index contributed by atoms with van der Waals surface area (Å²) in [6.45, 7) is 0.204. The van der Waals surface area contributed by atoms with Gasteiger partial charge < -0.3 is 14.6 Å². The average molecular weight is 362 g/mol. The van der Waals surface area contributed by atoms with Gasteiger partial charge in [0.1, 0.15) is 11.5 Å². The molecule has 1 aliphatic rings. The number of halogens is 1. The Morgan fingerprint density at radius 1 is 1.32 bits per heavy atom. The van der Waals surface area contributed by atoms with Gasteiger partial charge in [0.15, 0.2) is 12.6 Å². The summed E-state index contributed by atoms with van der Waals surface area (Å²) in [6.07, 6.45) is 2.60. The highest BCUT2D eigenvalue weighted by molar-refractivity contribution is 6.31. The summed E-state index contributed by atoms with van der Waals surface area (Å²) in [7, 11) is 0. The molecule has 2 aromatic rings.